The Morgan fingerprint density at radius 1 is 1.13 bits per heavy atom. The number of hydrogen-bond donors (Lipinski definition) is 0. The zero-order valence-corrected chi connectivity index (χ0v) is 18.8. The van der Waals surface area contributed by atoms with Gasteiger partial charge in [-0.15, -0.1) is 11.0 Å². The lowest BCUT2D eigenvalue weighted by Gasteiger charge is -2.44. The third-order valence-electron chi connectivity index (χ3n) is 6.58. The number of nitrogens with zero attached hydrogens (tertiary/aromatic N) is 3. The molecule has 4 rings (SSSR count). The van der Waals surface area contributed by atoms with Crippen LogP contribution in [-0.2, 0) is 9.59 Å². The molecule has 6 nitrogen and oxygen atoms in total. The Morgan fingerprint density at radius 2 is 1.74 bits per heavy atom. The number of carbonyl (C=O) groups excluding carboxylic acids is 3. The second kappa shape index (κ2) is 8.35. The first-order chi connectivity index (χ1) is 14.8. The van der Waals surface area contributed by atoms with Gasteiger partial charge in [-0.2, -0.15) is 0 Å². The van der Waals surface area contributed by atoms with Crippen LogP contribution in [0.1, 0.15) is 70.5 Å². The Hall–Kier alpha value is -2.85. The monoisotopic (exact) mass is 435 g/mol. The van der Waals surface area contributed by atoms with Crippen molar-refractivity contribution in [3.05, 3.63) is 45.5 Å². The number of amides is 1. The van der Waals surface area contributed by atoms with Gasteiger partial charge in [-0.05, 0) is 79.4 Å². The summed E-state index contributed by atoms with van der Waals surface area (Å²) in [6, 6.07) is 3.92. The smallest absolute Gasteiger partial charge is 0.267 e. The summed E-state index contributed by atoms with van der Waals surface area (Å²) in [4.78, 5) is 41.4. The Labute approximate surface area is 186 Å². The number of hydrogen-bond acceptors (Lipinski definition) is 6. The van der Waals surface area contributed by atoms with Crippen LogP contribution in [0.2, 0.25) is 0 Å². The van der Waals surface area contributed by atoms with Gasteiger partial charge in [-0.1, -0.05) is 10.4 Å². The Kier molecular flexibility index (Phi) is 5.76. The third-order valence-corrected chi connectivity index (χ3v) is 7.23. The van der Waals surface area contributed by atoms with Crippen molar-refractivity contribution in [2.45, 2.75) is 52.4 Å². The highest BCUT2D eigenvalue weighted by molar-refractivity contribution is 7.07. The molecule has 7 heteroatoms. The normalized spacial score (nSPS) is 18.7. The van der Waals surface area contributed by atoms with Crippen molar-refractivity contribution in [3.8, 4) is 11.8 Å². The number of ketones is 2. The third kappa shape index (κ3) is 4.05. The van der Waals surface area contributed by atoms with Crippen molar-refractivity contribution in [2.24, 2.45) is 5.41 Å². The van der Waals surface area contributed by atoms with E-state index in [9.17, 15) is 14.4 Å². The largest absolute Gasteiger partial charge is 0.338 e. The fraction of sp³-hybridized carbons (Fsp3) is 0.458. The van der Waals surface area contributed by atoms with E-state index < -0.39 is 5.92 Å². The van der Waals surface area contributed by atoms with Gasteiger partial charge in [-0.3, -0.25) is 14.4 Å². The summed E-state index contributed by atoms with van der Waals surface area (Å²) < 4.78 is 3.76. The summed E-state index contributed by atoms with van der Waals surface area (Å²) in [6.07, 6.45) is 3.60. The van der Waals surface area contributed by atoms with Gasteiger partial charge in [0.25, 0.3) is 5.91 Å². The van der Waals surface area contributed by atoms with E-state index in [1.54, 1.807) is 11.8 Å². The van der Waals surface area contributed by atoms with Crippen LogP contribution < -0.4 is 0 Å². The summed E-state index contributed by atoms with van der Waals surface area (Å²) in [5, 5.41) is 3.73. The van der Waals surface area contributed by atoms with Gasteiger partial charge in [0, 0.05) is 31.5 Å². The first-order valence-electron chi connectivity index (χ1n) is 10.5. The standard InChI is InChI=1S/C24H25N3O3S/c1-4-5-17-10-15(2)21(16(3)11-17)22-18(28)12-24(13-19(22)29)6-8-27(9-7-24)23(30)20-14-25-26-31-20/h10-11,14,22H,6-9,12-13H2,1-3H3. The molecule has 0 radical (unpaired) electrons. The van der Waals surface area contributed by atoms with Gasteiger partial charge in [0.05, 0.1) is 6.20 Å². The van der Waals surface area contributed by atoms with Gasteiger partial charge in [-0.25, -0.2) is 0 Å². The molecule has 0 unspecified atom stereocenters. The number of rotatable bonds is 2. The average Bonchev–Trinajstić information content (AvgIpc) is 3.25. The van der Waals surface area contributed by atoms with Crippen LogP contribution in [0.15, 0.2) is 18.3 Å². The molecule has 2 fully saturated rings. The molecule has 1 amide bonds. The molecular weight excluding hydrogens is 410 g/mol. The van der Waals surface area contributed by atoms with Crippen LogP contribution in [-0.4, -0.2) is 45.1 Å². The van der Waals surface area contributed by atoms with Gasteiger partial charge in [0.2, 0.25) is 0 Å². The Bertz CT molecular complexity index is 1060. The van der Waals surface area contributed by atoms with E-state index >= 15 is 0 Å². The zero-order chi connectivity index (χ0) is 22.2. The number of aryl methyl sites for hydroxylation is 2. The molecule has 1 aliphatic heterocycles. The topological polar surface area (TPSA) is 80.2 Å². The number of carbonyl (C=O) groups is 3. The number of likely N-dealkylation sites (tertiary alicyclic amines) is 1. The lowest BCUT2D eigenvalue weighted by Crippen LogP contribution is -2.48. The van der Waals surface area contributed by atoms with Crippen molar-refractivity contribution in [1.29, 1.82) is 0 Å². The lowest BCUT2D eigenvalue weighted by molar-refractivity contribution is -0.138. The molecular formula is C24H25N3O3S. The van der Waals surface area contributed by atoms with Gasteiger partial charge < -0.3 is 4.90 Å². The Balaban J connectivity index is 1.50. The molecule has 0 bridgehead atoms. The van der Waals surface area contributed by atoms with E-state index in [-0.39, 0.29) is 22.9 Å². The molecule has 31 heavy (non-hydrogen) atoms. The zero-order valence-electron chi connectivity index (χ0n) is 18.0. The molecule has 1 aliphatic carbocycles. The molecule has 2 aromatic rings. The summed E-state index contributed by atoms with van der Waals surface area (Å²) in [5.74, 6) is 5.20. The van der Waals surface area contributed by atoms with Crippen LogP contribution in [0.4, 0.5) is 0 Å². The molecule has 1 saturated heterocycles. The maximum absolute atomic E-state index is 13.3. The van der Waals surface area contributed by atoms with E-state index in [1.807, 2.05) is 26.0 Å². The van der Waals surface area contributed by atoms with Gasteiger partial charge in [0.1, 0.15) is 22.4 Å². The second-order valence-corrected chi connectivity index (χ2v) is 9.48. The maximum Gasteiger partial charge on any atom is 0.267 e. The predicted molar refractivity (Wildman–Crippen MR) is 118 cm³/mol. The SMILES string of the molecule is CC#Cc1cc(C)c(C2C(=O)CC3(CCN(C(=O)c4cnns4)CC3)CC2=O)c(C)c1. The average molecular weight is 436 g/mol. The Morgan fingerprint density at radius 3 is 2.26 bits per heavy atom. The predicted octanol–water partition coefficient (Wildman–Crippen LogP) is 3.46. The van der Waals surface area contributed by atoms with E-state index in [4.69, 9.17) is 0 Å². The quantitative estimate of drug-likeness (QED) is 0.533. The summed E-state index contributed by atoms with van der Waals surface area (Å²) in [7, 11) is 0. The molecule has 1 aromatic carbocycles. The molecule has 1 saturated carbocycles. The fourth-order valence-corrected chi connectivity index (χ4v) is 5.59. The summed E-state index contributed by atoms with van der Waals surface area (Å²) in [6.45, 7) is 6.78. The number of piperidine rings is 1. The minimum Gasteiger partial charge on any atom is -0.338 e. The minimum absolute atomic E-state index is 0.00297. The van der Waals surface area contributed by atoms with E-state index in [0.717, 1.165) is 33.8 Å². The van der Waals surface area contributed by atoms with Crippen molar-refractivity contribution in [3.63, 3.8) is 0 Å². The van der Waals surface area contributed by atoms with Crippen LogP contribution in [0.5, 0.6) is 0 Å². The van der Waals surface area contributed by atoms with E-state index in [0.29, 0.717) is 43.6 Å². The lowest BCUT2D eigenvalue weighted by atomic mass is 9.62. The van der Waals surface area contributed by atoms with Crippen LogP contribution in [0.25, 0.3) is 0 Å². The highest BCUT2D eigenvalue weighted by Crippen LogP contribution is 2.46. The highest BCUT2D eigenvalue weighted by atomic mass is 32.1. The second-order valence-electron chi connectivity index (χ2n) is 8.69. The molecule has 1 spiro atoms. The number of aromatic nitrogens is 2. The maximum atomic E-state index is 13.3. The fourth-order valence-electron chi connectivity index (χ4n) is 5.11. The van der Waals surface area contributed by atoms with Crippen molar-refractivity contribution in [1.82, 2.24) is 14.5 Å². The molecule has 2 aliphatic rings. The minimum atomic E-state index is -0.683. The summed E-state index contributed by atoms with van der Waals surface area (Å²) >= 11 is 1.09. The molecule has 0 N–H and O–H groups in total. The van der Waals surface area contributed by atoms with Gasteiger partial charge >= 0.3 is 0 Å². The molecule has 0 atom stereocenters. The van der Waals surface area contributed by atoms with Crippen molar-refractivity contribution < 1.29 is 14.4 Å². The van der Waals surface area contributed by atoms with Crippen LogP contribution in [0, 0.1) is 31.1 Å². The number of benzene rings is 1. The van der Waals surface area contributed by atoms with Crippen molar-refractivity contribution >= 4 is 29.0 Å². The molecule has 160 valence electrons. The first kappa shape index (κ1) is 21.4. The first-order valence-corrected chi connectivity index (χ1v) is 11.3. The van der Waals surface area contributed by atoms with Crippen molar-refractivity contribution in [2.75, 3.05) is 13.1 Å². The molecule has 2 heterocycles. The highest BCUT2D eigenvalue weighted by Gasteiger charge is 2.47. The summed E-state index contributed by atoms with van der Waals surface area (Å²) in [5.41, 5.74) is 3.31. The number of Topliss-reactive ketones (excluding diaryl/α,β-unsaturated/α-hetero) is 2. The van der Waals surface area contributed by atoms with Crippen LogP contribution >= 0.6 is 11.5 Å². The van der Waals surface area contributed by atoms with E-state index in [2.05, 4.69) is 21.4 Å². The van der Waals surface area contributed by atoms with Gasteiger partial charge in [0.15, 0.2) is 0 Å². The van der Waals surface area contributed by atoms with Crippen LogP contribution in [0.3, 0.4) is 0 Å². The van der Waals surface area contributed by atoms with E-state index in [1.165, 1.54) is 6.20 Å². The molecule has 1 aromatic heterocycles.